The quantitative estimate of drug-likeness (QED) is 0.0755. The summed E-state index contributed by atoms with van der Waals surface area (Å²) >= 11 is 0. The molecule has 0 aliphatic heterocycles. The van der Waals surface area contributed by atoms with E-state index in [1.807, 2.05) is 72.8 Å². The topological polar surface area (TPSA) is 178 Å². The summed E-state index contributed by atoms with van der Waals surface area (Å²) in [5.74, 6) is -1.46. The number of rotatable bonds is 18. The Morgan fingerprint density at radius 1 is 0.849 bits per heavy atom. The molecule has 1 aliphatic rings. The Hall–Kier alpha value is -5.13. The number of aromatic amines is 1. The molecule has 4 aromatic rings. The minimum Gasteiger partial charge on any atom is -0.460 e. The van der Waals surface area contributed by atoms with Crippen LogP contribution in [0.3, 0.4) is 0 Å². The van der Waals surface area contributed by atoms with Gasteiger partial charge in [-0.3, -0.25) is 9.59 Å². The van der Waals surface area contributed by atoms with E-state index in [0.29, 0.717) is 18.0 Å². The smallest absolute Gasteiger partial charge is 0.460 e. The van der Waals surface area contributed by atoms with Gasteiger partial charge in [0.2, 0.25) is 11.8 Å². The Balaban J connectivity index is 1.34. The zero-order valence-electron chi connectivity index (χ0n) is 29.8. The molecule has 4 N–H and O–H groups in total. The van der Waals surface area contributed by atoms with Crippen LogP contribution in [0.4, 0.5) is 4.79 Å². The first-order chi connectivity index (χ1) is 25.8. The summed E-state index contributed by atoms with van der Waals surface area (Å²) < 4.78 is 27.4. The number of H-pyrrole nitrogens is 1. The van der Waals surface area contributed by atoms with E-state index < -0.39 is 56.2 Å². The van der Waals surface area contributed by atoms with E-state index in [1.165, 1.54) is 13.4 Å². The molecule has 1 saturated carbocycles. The van der Waals surface area contributed by atoms with Crippen molar-refractivity contribution in [2.45, 2.75) is 76.1 Å². The van der Waals surface area contributed by atoms with Crippen LogP contribution in [0.1, 0.15) is 55.3 Å². The summed E-state index contributed by atoms with van der Waals surface area (Å²) in [6.45, 7) is -0.119. The van der Waals surface area contributed by atoms with Gasteiger partial charge in [-0.1, -0.05) is 105 Å². The summed E-state index contributed by atoms with van der Waals surface area (Å²) in [5.41, 5.74) is 2.21. The summed E-state index contributed by atoms with van der Waals surface area (Å²) in [7, 11) is -0.938. The number of hydrogen-bond donors (Lipinski definition) is 4. The molecule has 1 aliphatic carbocycles. The first kappa shape index (κ1) is 39.1. The molecule has 0 saturated heterocycles. The van der Waals surface area contributed by atoms with Gasteiger partial charge in [0.15, 0.2) is 0 Å². The highest BCUT2D eigenvalue weighted by Gasteiger charge is 2.31. The number of alkyl carbamates (subject to hydrolysis) is 1. The van der Waals surface area contributed by atoms with Crippen molar-refractivity contribution < 1.29 is 37.7 Å². The zero-order valence-corrected chi connectivity index (χ0v) is 30.7. The van der Waals surface area contributed by atoms with Crippen molar-refractivity contribution >= 4 is 42.7 Å². The number of carbonyl (C=O) groups is 4. The van der Waals surface area contributed by atoms with Crippen molar-refractivity contribution in [3.8, 4) is 0 Å². The third-order valence-electron chi connectivity index (χ3n) is 9.33. The molecule has 1 fully saturated rings. The van der Waals surface area contributed by atoms with Gasteiger partial charge in [-0.25, -0.2) is 14.6 Å². The molecule has 4 atom stereocenters. The first-order valence-corrected chi connectivity index (χ1v) is 19.3. The zero-order chi connectivity index (χ0) is 37.4. The van der Waals surface area contributed by atoms with Crippen molar-refractivity contribution in [3.63, 3.8) is 0 Å². The average Bonchev–Trinajstić information content (AvgIpc) is 3.69. The number of imidazole rings is 1. The van der Waals surface area contributed by atoms with Crippen molar-refractivity contribution in [3.05, 3.63) is 102 Å². The highest BCUT2D eigenvalue weighted by Crippen LogP contribution is 2.28. The van der Waals surface area contributed by atoms with Gasteiger partial charge in [0.25, 0.3) is 6.16 Å². The minimum absolute atomic E-state index is 0.00898. The van der Waals surface area contributed by atoms with Crippen molar-refractivity contribution in [2.24, 2.45) is 5.92 Å². The molecule has 3 amide bonds. The van der Waals surface area contributed by atoms with E-state index in [9.17, 15) is 23.7 Å². The van der Waals surface area contributed by atoms with Gasteiger partial charge in [-0.2, -0.15) is 0 Å². The molecule has 3 unspecified atom stereocenters. The van der Waals surface area contributed by atoms with Gasteiger partial charge in [-0.15, -0.1) is 4.52 Å². The predicted octanol–water partition coefficient (Wildman–Crippen LogP) is 5.52. The number of nitrogens with one attached hydrogen (secondary N) is 4. The van der Waals surface area contributed by atoms with E-state index in [4.69, 9.17) is 14.0 Å². The van der Waals surface area contributed by atoms with Crippen LogP contribution in [0.2, 0.25) is 0 Å². The fraction of sp³-hybridized carbons (Fsp3) is 0.410. The molecule has 1 aromatic heterocycles. The molecular weight excluding hydrogens is 697 g/mol. The fourth-order valence-electron chi connectivity index (χ4n) is 6.61. The fourth-order valence-corrected chi connectivity index (χ4v) is 7.04. The van der Waals surface area contributed by atoms with E-state index in [-0.39, 0.29) is 26.1 Å². The van der Waals surface area contributed by atoms with Crippen molar-refractivity contribution in [1.82, 2.24) is 25.9 Å². The van der Waals surface area contributed by atoms with Crippen LogP contribution in [0.15, 0.2) is 85.3 Å². The molecule has 0 spiro atoms. The van der Waals surface area contributed by atoms with Crippen LogP contribution in [-0.2, 0) is 52.4 Å². The molecule has 0 bridgehead atoms. The highest BCUT2D eigenvalue weighted by molar-refractivity contribution is 7.40. The lowest BCUT2D eigenvalue weighted by atomic mass is 9.85. The SMILES string of the molecule is CO[P+](=O)CC(=O)OCC(CC1CCCCC1)NC(=O)[C@H](Cc1cnc[nH]1)NC(=O)C(Cc1cccc2ccccc12)NC(=O)OCc1ccccc1. The van der Waals surface area contributed by atoms with Crippen LogP contribution in [0, 0.1) is 5.92 Å². The second kappa shape index (κ2) is 20.2. The maximum Gasteiger partial charge on any atom is 0.519 e. The summed E-state index contributed by atoms with van der Waals surface area (Å²) in [6, 6.07) is 20.0. The third-order valence-corrected chi connectivity index (χ3v) is 10.3. The van der Waals surface area contributed by atoms with Gasteiger partial charge >= 0.3 is 20.1 Å². The number of hydrogen-bond acceptors (Lipinski definition) is 9. The van der Waals surface area contributed by atoms with Crippen LogP contribution in [0.5, 0.6) is 0 Å². The minimum atomic E-state index is -2.19. The third kappa shape index (κ3) is 12.5. The van der Waals surface area contributed by atoms with E-state index >= 15 is 0 Å². The number of aromatic nitrogens is 2. The van der Waals surface area contributed by atoms with Gasteiger partial charge in [0.05, 0.1) is 19.5 Å². The summed E-state index contributed by atoms with van der Waals surface area (Å²) in [5, 5.41) is 10.5. The molecule has 53 heavy (non-hydrogen) atoms. The number of esters is 1. The number of carbonyl (C=O) groups excluding carboxylic acids is 4. The number of nitrogens with zero attached hydrogens (tertiary/aromatic N) is 1. The van der Waals surface area contributed by atoms with E-state index in [1.54, 1.807) is 6.20 Å². The number of fused-ring (bicyclic) bond motifs is 1. The maximum absolute atomic E-state index is 14.2. The molecule has 5 rings (SSSR count). The van der Waals surface area contributed by atoms with Gasteiger partial charge < -0.3 is 30.4 Å². The standard InChI is InChI=1S/C39H46N5O8P/c1-50-53(49)25-36(45)51-24-32(19-27-11-4-2-5-12-27)42-37(46)35(21-31-22-40-26-41-31)43-38(47)34(44-39(48)52-23-28-13-6-3-7-14-28)20-30-17-10-16-29-15-8-9-18-33(29)30/h3,6-10,13-18,22,26-27,32,34-35H,2,4-5,11-12,19-21,23-25H2,1H3,(H3-,40,41,42,43,44,46,47,48)/p+1/t32?,34?,35-/m0/s1. The first-order valence-electron chi connectivity index (χ1n) is 17.9. The van der Waals surface area contributed by atoms with Crippen LogP contribution < -0.4 is 16.0 Å². The molecule has 14 heteroatoms. The van der Waals surface area contributed by atoms with E-state index in [0.717, 1.165) is 54.0 Å². The van der Waals surface area contributed by atoms with Gasteiger partial charge in [0.1, 0.15) is 25.3 Å². The molecular formula is C39H47N5O8P+. The lowest BCUT2D eigenvalue weighted by molar-refractivity contribution is -0.142. The summed E-state index contributed by atoms with van der Waals surface area (Å²) in [6.07, 6.45) is 7.93. The Morgan fingerprint density at radius 2 is 1.57 bits per heavy atom. The normalized spacial score (nSPS) is 15.1. The molecule has 13 nitrogen and oxygen atoms in total. The molecule has 0 radical (unpaired) electrons. The molecule has 3 aromatic carbocycles. The number of benzene rings is 3. The van der Waals surface area contributed by atoms with Gasteiger partial charge in [0, 0.05) is 24.7 Å². The molecule has 1 heterocycles. The van der Waals surface area contributed by atoms with Crippen LogP contribution in [0.25, 0.3) is 10.8 Å². The summed E-state index contributed by atoms with van der Waals surface area (Å²) in [4.78, 5) is 60.9. The van der Waals surface area contributed by atoms with Gasteiger partial charge in [-0.05, 0) is 38.8 Å². The Bertz CT molecular complexity index is 1810. The Morgan fingerprint density at radius 3 is 2.32 bits per heavy atom. The van der Waals surface area contributed by atoms with Crippen LogP contribution >= 0.6 is 8.03 Å². The van der Waals surface area contributed by atoms with Crippen molar-refractivity contribution in [2.75, 3.05) is 19.9 Å². The largest absolute Gasteiger partial charge is 0.519 e. The number of amides is 3. The monoisotopic (exact) mass is 744 g/mol. The van der Waals surface area contributed by atoms with Crippen LogP contribution in [-0.4, -0.2) is 71.8 Å². The second-order valence-corrected chi connectivity index (χ2v) is 14.6. The lowest BCUT2D eigenvalue weighted by Crippen LogP contribution is -2.56. The van der Waals surface area contributed by atoms with E-state index in [2.05, 4.69) is 25.9 Å². The highest BCUT2D eigenvalue weighted by atomic mass is 31.1. The van der Waals surface area contributed by atoms with Crippen molar-refractivity contribution in [1.29, 1.82) is 0 Å². The maximum atomic E-state index is 14.2. The second-order valence-electron chi connectivity index (χ2n) is 13.2. The number of ether oxygens (including phenoxy) is 2. The Kier molecular flexibility index (Phi) is 14.9. The lowest BCUT2D eigenvalue weighted by Gasteiger charge is -2.29. The Labute approximate surface area is 309 Å². The molecule has 280 valence electrons. The predicted molar refractivity (Wildman–Crippen MR) is 199 cm³/mol. The average molecular weight is 745 g/mol.